The van der Waals surface area contributed by atoms with E-state index in [4.69, 9.17) is 10.5 Å². The minimum Gasteiger partial charge on any atom is -0.493 e. The second-order valence-electron chi connectivity index (χ2n) is 8.11. The highest BCUT2D eigenvalue weighted by atomic mass is 16.5. The number of rotatable bonds is 6. The van der Waals surface area contributed by atoms with Crippen molar-refractivity contribution in [2.24, 2.45) is 17.6 Å². The molecule has 2 saturated heterocycles. The summed E-state index contributed by atoms with van der Waals surface area (Å²) in [5.74, 6) is 1.50. The number of carbonyl (C=O) groups is 2. The van der Waals surface area contributed by atoms with Crippen molar-refractivity contribution in [3.63, 3.8) is 0 Å². The van der Waals surface area contributed by atoms with E-state index in [-0.39, 0.29) is 23.8 Å². The molecular weight excluding hydrogens is 354 g/mol. The van der Waals surface area contributed by atoms with Gasteiger partial charge in [0, 0.05) is 32.2 Å². The van der Waals surface area contributed by atoms with E-state index >= 15 is 0 Å². The molecule has 0 bridgehead atoms. The fourth-order valence-corrected chi connectivity index (χ4v) is 4.24. The van der Waals surface area contributed by atoms with Gasteiger partial charge in [-0.15, -0.1) is 0 Å². The minimum absolute atomic E-state index is 0.0698. The molecule has 2 atom stereocenters. The fraction of sp³-hybridized carbons (Fsp3) is 0.636. The van der Waals surface area contributed by atoms with Gasteiger partial charge in [-0.05, 0) is 50.7 Å². The van der Waals surface area contributed by atoms with Crippen LogP contribution in [0.4, 0.5) is 0 Å². The summed E-state index contributed by atoms with van der Waals surface area (Å²) in [6, 6.07) is 9.72. The Morgan fingerprint density at radius 1 is 1.11 bits per heavy atom. The highest BCUT2D eigenvalue weighted by Crippen LogP contribution is 2.24. The Bertz CT molecular complexity index is 642. The molecule has 2 amide bonds. The zero-order valence-corrected chi connectivity index (χ0v) is 16.9. The number of hydrogen-bond acceptors (Lipinski definition) is 4. The van der Waals surface area contributed by atoms with E-state index in [0.29, 0.717) is 25.5 Å². The summed E-state index contributed by atoms with van der Waals surface area (Å²) in [5, 5.41) is 0. The first kappa shape index (κ1) is 20.6. The molecule has 0 radical (unpaired) electrons. The lowest BCUT2D eigenvalue weighted by atomic mass is 9.89. The average Bonchev–Trinajstić information content (AvgIpc) is 2.74. The molecule has 2 unspecified atom stereocenters. The molecule has 0 saturated carbocycles. The molecule has 3 rings (SSSR count). The van der Waals surface area contributed by atoms with Crippen molar-refractivity contribution in [3.8, 4) is 5.75 Å². The van der Waals surface area contributed by atoms with E-state index < -0.39 is 0 Å². The molecule has 2 N–H and O–H groups in total. The molecule has 0 aliphatic carbocycles. The van der Waals surface area contributed by atoms with Crippen molar-refractivity contribution in [2.75, 3.05) is 32.8 Å². The molecule has 6 nitrogen and oxygen atoms in total. The maximum absolute atomic E-state index is 12.9. The van der Waals surface area contributed by atoms with Gasteiger partial charge in [-0.25, -0.2) is 0 Å². The highest BCUT2D eigenvalue weighted by molar-refractivity contribution is 5.81. The summed E-state index contributed by atoms with van der Waals surface area (Å²) >= 11 is 0. The summed E-state index contributed by atoms with van der Waals surface area (Å²) < 4.78 is 5.63. The Labute approximate surface area is 168 Å². The van der Waals surface area contributed by atoms with Gasteiger partial charge in [0.05, 0.1) is 18.9 Å². The van der Waals surface area contributed by atoms with Gasteiger partial charge in [-0.3, -0.25) is 9.59 Å². The number of para-hydroxylation sites is 1. The minimum atomic E-state index is -0.0698. The molecule has 154 valence electrons. The summed E-state index contributed by atoms with van der Waals surface area (Å²) in [5.41, 5.74) is 6.00. The SMILES string of the molecule is CC(N)C1CCN(C(=O)C2CCCN(C(=O)CCOc3ccccc3)C2)CC1. The van der Waals surface area contributed by atoms with Crippen molar-refractivity contribution < 1.29 is 14.3 Å². The molecule has 2 aliphatic heterocycles. The smallest absolute Gasteiger partial charge is 0.227 e. The van der Waals surface area contributed by atoms with Crippen molar-refractivity contribution in [1.29, 1.82) is 0 Å². The number of likely N-dealkylation sites (tertiary alicyclic amines) is 2. The van der Waals surface area contributed by atoms with Crippen LogP contribution in [0, 0.1) is 11.8 Å². The first-order valence-corrected chi connectivity index (χ1v) is 10.5. The zero-order chi connectivity index (χ0) is 19.9. The monoisotopic (exact) mass is 387 g/mol. The van der Waals surface area contributed by atoms with Crippen LogP contribution in [0.25, 0.3) is 0 Å². The number of nitrogens with two attached hydrogens (primary N) is 1. The predicted octanol–water partition coefficient (Wildman–Crippen LogP) is 2.28. The standard InChI is InChI=1S/C22H33N3O3/c1-17(23)18-9-13-24(14-10-18)22(27)19-6-5-12-25(16-19)21(26)11-15-28-20-7-3-2-4-8-20/h2-4,7-8,17-19H,5-6,9-16,23H2,1H3. The van der Waals surface area contributed by atoms with E-state index in [1.165, 1.54) is 0 Å². The van der Waals surface area contributed by atoms with Gasteiger partial charge in [0.2, 0.25) is 11.8 Å². The number of piperidine rings is 2. The van der Waals surface area contributed by atoms with Crippen LogP contribution < -0.4 is 10.5 Å². The number of carbonyl (C=O) groups excluding carboxylic acids is 2. The normalized spacial score (nSPS) is 22.0. The second-order valence-corrected chi connectivity index (χ2v) is 8.11. The van der Waals surface area contributed by atoms with E-state index in [1.807, 2.05) is 47.1 Å². The molecule has 1 aromatic carbocycles. The predicted molar refractivity (Wildman–Crippen MR) is 109 cm³/mol. The van der Waals surface area contributed by atoms with Gasteiger partial charge >= 0.3 is 0 Å². The molecular formula is C22H33N3O3. The van der Waals surface area contributed by atoms with E-state index in [0.717, 1.165) is 51.1 Å². The van der Waals surface area contributed by atoms with Gasteiger partial charge < -0.3 is 20.3 Å². The van der Waals surface area contributed by atoms with Crippen LogP contribution in [0.5, 0.6) is 5.75 Å². The Hall–Kier alpha value is -2.08. The van der Waals surface area contributed by atoms with Gasteiger partial charge in [-0.2, -0.15) is 0 Å². The Morgan fingerprint density at radius 3 is 2.50 bits per heavy atom. The van der Waals surface area contributed by atoms with E-state index in [2.05, 4.69) is 0 Å². The molecule has 2 fully saturated rings. The Morgan fingerprint density at radius 2 is 1.82 bits per heavy atom. The molecule has 6 heteroatoms. The second kappa shape index (κ2) is 9.92. The zero-order valence-electron chi connectivity index (χ0n) is 16.9. The lowest BCUT2D eigenvalue weighted by Gasteiger charge is -2.38. The van der Waals surface area contributed by atoms with Gasteiger partial charge in [0.1, 0.15) is 5.75 Å². The third-order valence-corrected chi connectivity index (χ3v) is 6.05. The molecule has 2 heterocycles. The molecule has 0 aromatic heterocycles. The highest BCUT2D eigenvalue weighted by Gasteiger charge is 2.33. The Kier molecular flexibility index (Phi) is 7.31. The average molecular weight is 388 g/mol. The summed E-state index contributed by atoms with van der Waals surface area (Å²) in [6.07, 6.45) is 4.06. The summed E-state index contributed by atoms with van der Waals surface area (Å²) in [7, 11) is 0. The third kappa shape index (κ3) is 5.47. The summed E-state index contributed by atoms with van der Waals surface area (Å²) in [6.45, 7) is 5.27. The van der Waals surface area contributed by atoms with Crippen LogP contribution in [-0.2, 0) is 9.59 Å². The van der Waals surface area contributed by atoms with Crippen LogP contribution in [0.15, 0.2) is 30.3 Å². The first-order chi connectivity index (χ1) is 13.5. The van der Waals surface area contributed by atoms with E-state index in [9.17, 15) is 9.59 Å². The molecule has 1 aromatic rings. The van der Waals surface area contributed by atoms with Crippen molar-refractivity contribution in [3.05, 3.63) is 30.3 Å². The van der Waals surface area contributed by atoms with Crippen LogP contribution in [0.1, 0.15) is 39.0 Å². The van der Waals surface area contributed by atoms with Gasteiger partial charge in [0.25, 0.3) is 0 Å². The topological polar surface area (TPSA) is 75.9 Å². The Balaban J connectivity index is 1.44. The maximum atomic E-state index is 12.9. The van der Waals surface area contributed by atoms with Crippen molar-refractivity contribution in [2.45, 2.75) is 45.1 Å². The molecule has 0 spiro atoms. The fourth-order valence-electron chi connectivity index (χ4n) is 4.24. The molecule has 28 heavy (non-hydrogen) atoms. The maximum Gasteiger partial charge on any atom is 0.227 e. The lowest BCUT2D eigenvalue weighted by Crippen LogP contribution is -2.49. The molecule has 2 aliphatic rings. The van der Waals surface area contributed by atoms with Crippen LogP contribution in [0.2, 0.25) is 0 Å². The number of nitrogens with zero attached hydrogens (tertiary/aromatic N) is 2. The summed E-state index contributed by atoms with van der Waals surface area (Å²) in [4.78, 5) is 29.3. The number of amides is 2. The van der Waals surface area contributed by atoms with Gasteiger partial charge in [-0.1, -0.05) is 18.2 Å². The number of benzene rings is 1. The quantitative estimate of drug-likeness (QED) is 0.812. The van der Waals surface area contributed by atoms with Crippen molar-refractivity contribution >= 4 is 11.8 Å². The van der Waals surface area contributed by atoms with Gasteiger partial charge in [0.15, 0.2) is 0 Å². The van der Waals surface area contributed by atoms with Crippen molar-refractivity contribution in [1.82, 2.24) is 9.80 Å². The first-order valence-electron chi connectivity index (χ1n) is 10.5. The largest absolute Gasteiger partial charge is 0.493 e. The van der Waals surface area contributed by atoms with E-state index in [1.54, 1.807) is 0 Å². The number of ether oxygens (including phenoxy) is 1. The lowest BCUT2D eigenvalue weighted by molar-refractivity contribution is -0.142. The third-order valence-electron chi connectivity index (χ3n) is 6.05. The van der Waals surface area contributed by atoms with Crippen LogP contribution in [0.3, 0.4) is 0 Å². The van der Waals surface area contributed by atoms with Crippen LogP contribution >= 0.6 is 0 Å². The number of hydrogen-bond donors (Lipinski definition) is 1. The van der Waals surface area contributed by atoms with Crippen LogP contribution in [-0.4, -0.2) is 60.4 Å².